The molecule has 3 rings (SSSR count). The minimum absolute atomic E-state index is 0.00326. The molecule has 3 aromatic carbocycles. The van der Waals surface area contributed by atoms with Gasteiger partial charge in [-0.25, -0.2) is 12.8 Å². The summed E-state index contributed by atoms with van der Waals surface area (Å²) in [6.45, 7) is 1.72. The number of rotatable bonds is 8. The van der Waals surface area contributed by atoms with E-state index in [1.807, 2.05) is 6.07 Å². The summed E-state index contributed by atoms with van der Waals surface area (Å²) in [5.74, 6) is -0.767. The van der Waals surface area contributed by atoms with E-state index >= 15 is 0 Å². The Labute approximate surface area is 195 Å². The number of carbonyl (C=O) groups is 1. The van der Waals surface area contributed by atoms with Gasteiger partial charge in [-0.2, -0.15) is 4.72 Å². The number of nitrogens with one attached hydrogen (secondary N) is 2. The van der Waals surface area contributed by atoms with E-state index in [4.69, 9.17) is 4.74 Å². The minimum atomic E-state index is -4.05. The minimum Gasteiger partial charge on any atom is -0.496 e. The Balaban J connectivity index is 1.89. The van der Waals surface area contributed by atoms with Crippen molar-refractivity contribution in [1.82, 2.24) is 4.72 Å². The van der Waals surface area contributed by atoms with E-state index in [-0.39, 0.29) is 17.0 Å². The molecule has 0 radical (unpaired) electrons. The maximum absolute atomic E-state index is 14.2. The van der Waals surface area contributed by atoms with Gasteiger partial charge in [0.1, 0.15) is 17.6 Å². The van der Waals surface area contributed by atoms with Crippen LogP contribution >= 0.6 is 15.9 Å². The van der Waals surface area contributed by atoms with Crippen molar-refractivity contribution in [2.75, 3.05) is 12.4 Å². The number of methoxy groups -OCH3 is 1. The average molecular weight is 521 g/mol. The second kappa shape index (κ2) is 10.2. The Morgan fingerprint density at radius 2 is 1.81 bits per heavy atom. The normalized spacial score (nSPS) is 12.2. The number of benzene rings is 3. The van der Waals surface area contributed by atoms with Gasteiger partial charge in [0.25, 0.3) is 0 Å². The molecule has 0 spiro atoms. The van der Waals surface area contributed by atoms with Crippen molar-refractivity contribution in [2.24, 2.45) is 0 Å². The van der Waals surface area contributed by atoms with Crippen molar-refractivity contribution in [2.45, 2.75) is 24.3 Å². The van der Waals surface area contributed by atoms with Crippen LogP contribution in [0.25, 0.3) is 0 Å². The molecule has 0 aliphatic heterocycles. The predicted octanol–water partition coefficient (Wildman–Crippen LogP) is 4.43. The fourth-order valence-electron chi connectivity index (χ4n) is 3.12. The van der Waals surface area contributed by atoms with Crippen molar-refractivity contribution >= 4 is 37.5 Å². The van der Waals surface area contributed by atoms with Crippen LogP contribution < -0.4 is 14.8 Å². The van der Waals surface area contributed by atoms with Crippen LogP contribution in [0.5, 0.6) is 5.75 Å². The molecule has 1 atom stereocenters. The van der Waals surface area contributed by atoms with E-state index in [0.717, 1.165) is 5.56 Å². The van der Waals surface area contributed by atoms with Crippen molar-refractivity contribution < 1.29 is 22.3 Å². The summed E-state index contributed by atoms with van der Waals surface area (Å²) in [6, 6.07) is 16.4. The van der Waals surface area contributed by atoms with Crippen LogP contribution in [0.2, 0.25) is 0 Å². The Morgan fingerprint density at radius 3 is 2.44 bits per heavy atom. The molecule has 0 saturated heterocycles. The Bertz CT molecular complexity index is 1220. The first kappa shape index (κ1) is 23.9. The molecule has 6 nitrogen and oxygen atoms in total. The molecule has 1 amide bonds. The van der Waals surface area contributed by atoms with Gasteiger partial charge >= 0.3 is 0 Å². The Hall–Kier alpha value is -2.75. The van der Waals surface area contributed by atoms with Gasteiger partial charge in [-0.1, -0.05) is 46.3 Å². The average Bonchev–Trinajstić information content (AvgIpc) is 2.75. The molecular formula is C23H22BrFN2O4S. The van der Waals surface area contributed by atoms with E-state index in [1.165, 1.54) is 31.4 Å². The van der Waals surface area contributed by atoms with Crippen molar-refractivity contribution in [3.8, 4) is 5.75 Å². The number of amides is 1. The number of aryl methyl sites for hydroxylation is 1. The number of hydrogen-bond donors (Lipinski definition) is 2. The van der Waals surface area contributed by atoms with Crippen molar-refractivity contribution in [1.29, 1.82) is 0 Å². The number of sulfonamides is 1. The van der Waals surface area contributed by atoms with Gasteiger partial charge in [0.15, 0.2) is 0 Å². The molecule has 0 bridgehead atoms. The first-order chi connectivity index (χ1) is 15.2. The number of ether oxygens (including phenoxy) is 1. The number of carbonyl (C=O) groups excluding carboxylic acids is 1. The lowest BCUT2D eigenvalue weighted by molar-refractivity contribution is -0.117. The summed E-state index contributed by atoms with van der Waals surface area (Å²) in [4.78, 5) is 13.0. The van der Waals surface area contributed by atoms with Gasteiger partial charge in [-0.15, -0.1) is 0 Å². The Kier molecular flexibility index (Phi) is 7.65. The van der Waals surface area contributed by atoms with Gasteiger partial charge in [0.05, 0.1) is 17.7 Å². The lowest BCUT2D eigenvalue weighted by Crippen LogP contribution is -2.45. The highest BCUT2D eigenvalue weighted by Gasteiger charge is 2.27. The van der Waals surface area contributed by atoms with Gasteiger partial charge in [0.2, 0.25) is 15.9 Å². The van der Waals surface area contributed by atoms with Gasteiger partial charge in [-0.05, 0) is 60.9 Å². The second-order valence-electron chi connectivity index (χ2n) is 7.11. The van der Waals surface area contributed by atoms with E-state index in [9.17, 15) is 17.6 Å². The summed E-state index contributed by atoms with van der Waals surface area (Å²) in [6.07, 6.45) is 0.0825. The van der Waals surface area contributed by atoms with Gasteiger partial charge < -0.3 is 10.1 Å². The number of anilines is 1. The molecule has 0 aliphatic rings. The standard InChI is InChI=1S/C23H22BrFN2O4S/c1-15-12-18(9-11-22(15)31-2)32(29,30)27-21(13-16-6-4-3-5-7-16)23(28)26-20-10-8-17(24)14-19(20)25/h3-12,14,21,27H,13H2,1-2H3,(H,26,28)/t21-/m0/s1. The molecule has 2 N–H and O–H groups in total. The third-order valence-electron chi connectivity index (χ3n) is 4.76. The molecule has 9 heteroatoms. The lowest BCUT2D eigenvalue weighted by atomic mass is 10.1. The van der Waals surface area contributed by atoms with Crippen LogP contribution in [0.4, 0.5) is 10.1 Å². The fraction of sp³-hybridized carbons (Fsp3) is 0.174. The summed E-state index contributed by atoms with van der Waals surface area (Å²) in [7, 11) is -2.55. The maximum atomic E-state index is 14.2. The summed E-state index contributed by atoms with van der Waals surface area (Å²) in [5, 5.41) is 2.48. The van der Waals surface area contributed by atoms with Crippen LogP contribution in [-0.4, -0.2) is 27.5 Å². The number of hydrogen-bond acceptors (Lipinski definition) is 4. The van der Waals surface area contributed by atoms with Crippen molar-refractivity contribution in [3.05, 3.63) is 88.1 Å². The lowest BCUT2D eigenvalue weighted by Gasteiger charge is -2.19. The van der Waals surface area contributed by atoms with E-state index in [2.05, 4.69) is 26.0 Å². The zero-order valence-corrected chi connectivity index (χ0v) is 19.8. The SMILES string of the molecule is COc1ccc(S(=O)(=O)N[C@@H](Cc2ccccc2)C(=O)Nc2ccc(Br)cc2F)cc1C. The zero-order chi connectivity index (χ0) is 23.3. The molecule has 168 valence electrons. The molecule has 3 aromatic rings. The third-order valence-corrected chi connectivity index (χ3v) is 6.72. The molecule has 0 saturated carbocycles. The Morgan fingerprint density at radius 1 is 1.09 bits per heavy atom. The predicted molar refractivity (Wildman–Crippen MR) is 125 cm³/mol. The quantitative estimate of drug-likeness (QED) is 0.460. The number of halogens is 2. The van der Waals surface area contributed by atoms with Gasteiger partial charge in [-0.3, -0.25) is 4.79 Å². The largest absolute Gasteiger partial charge is 0.496 e. The second-order valence-corrected chi connectivity index (χ2v) is 9.74. The maximum Gasteiger partial charge on any atom is 0.242 e. The molecule has 0 unspecified atom stereocenters. The van der Waals surface area contributed by atoms with Crippen LogP contribution in [0.1, 0.15) is 11.1 Å². The zero-order valence-electron chi connectivity index (χ0n) is 17.4. The van der Waals surface area contributed by atoms with E-state index < -0.39 is 27.8 Å². The molecular weight excluding hydrogens is 499 g/mol. The first-order valence-corrected chi connectivity index (χ1v) is 11.9. The molecule has 32 heavy (non-hydrogen) atoms. The molecule has 0 aromatic heterocycles. The van der Waals surface area contributed by atoms with Crippen LogP contribution in [0.3, 0.4) is 0 Å². The molecule has 0 aliphatic carbocycles. The highest BCUT2D eigenvalue weighted by Crippen LogP contribution is 2.23. The molecule has 0 fully saturated rings. The van der Waals surface area contributed by atoms with Crippen LogP contribution in [-0.2, 0) is 21.2 Å². The fourth-order valence-corrected chi connectivity index (χ4v) is 4.74. The van der Waals surface area contributed by atoms with Crippen LogP contribution in [0, 0.1) is 12.7 Å². The first-order valence-electron chi connectivity index (χ1n) is 9.66. The summed E-state index contributed by atoms with van der Waals surface area (Å²) < 4.78 is 48.5. The van der Waals surface area contributed by atoms with E-state index in [1.54, 1.807) is 43.3 Å². The van der Waals surface area contributed by atoms with Crippen LogP contribution in [0.15, 0.2) is 76.1 Å². The van der Waals surface area contributed by atoms with Crippen molar-refractivity contribution in [3.63, 3.8) is 0 Å². The highest BCUT2D eigenvalue weighted by molar-refractivity contribution is 9.10. The molecule has 0 heterocycles. The van der Waals surface area contributed by atoms with Gasteiger partial charge in [0, 0.05) is 4.47 Å². The monoisotopic (exact) mass is 520 g/mol. The smallest absolute Gasteiger partial charge is 0.242 e. The summed E-state index contributed by atoms with van der Waals surface area (Å²) >= 11 is 3.16. The third kappa shape index (κ3) is 5.93. The topological polar surface area (TPSA) is 84.5 Å². The highest BCUT2D eigenvalue weighted by atomic mass is 79.9. The van der Waals surface area contributed by atoms with E-state index in [0.29, 0.717) is 15.8 Å². The summed E-state index contributed by atoms with van der Waals surface area (Å²) in [5.41, 5.74) is 1.34.